The van der Waals surface area contributed by atoms with Crippen molar-refractivity contribution in [2.24, 2.45) is 0 Å². The maximum absolute atomic E-state index is 5.40. The first-order chi connectivity index (χ1) is 9.22. The second-order valence-electron chi connectivity index (χ2n) is 3.81. The number of nitrogens with one attached hydrogen (secondary N) is 1. The van der Waals surface area contributed by atoms with Crippen LogP contribution in [0.3, 0.4) is 0 Å². The quantitative estimate of drug-likeness (QED) is 0.847. The van der Waals surface area contributed by atoms with Gasteiger partial charge < -0.3 is 10.1 Å². The largest absolute Gasteiger partial charge is 0.494 e. The highest BCUT2D eigenvalue weighted by atomic mass is 32.2. The third-order valence-electron chi connectivity index (χ3n) is 2.45. The number of rotatable bonds is 5. The minimum Gasteiger partial charge on any atom is -0.494 e. The third-order valence-corrected chi connectivity index (χ3v) is 2.98. The molecule has 0 aliphatic heterocycles. The van der Waals surface area contributed by atoms with E-state index in [1.165, 1.54) is 11.8 Å². The molecule has 0 amide bonds. The van der Waals surface area contributed by atoms with Gasteiger partial charge in [0.15, 0.2) is 5.82 Å². The summed E-state index contributed by atoms with van der Waals surface area (Å²) in [4.78, 5) is 4.39. The predicted molar refractivity (Wildman–Crippen MR) is 77.2 cm³/mol. The standard InChI is InChI=1S/C13H16N4OS/c1-4-18-11-7-5-10(6-8-11)14-12-9(2)16-17-13(15-12)19-3/h5-8H,4H2,1-3H3,(H,14,15,17). The molecule has 0 saturated carbocycles. The summed E-state index contributed by atoms with van der Waals surface area (Å²) in [5, 5.41) is 11.9. The summed E-state index contributed by atoms with van der Waals surface area (Å²) in [6.07, 6.45) is 1.92. The van der Waals surface area contributed by atoms with Gasteiger partial charge in [-0.05, 0) is 44.4 Å². The summed E-state index contributed by atoms with van der Waals surface area (Å²) in [5.41, 5.74) is 1.71. The minimum absolute atomic E-state index is 0.652. The number of hydrogen-bond acceptors (Lipinski definition) is 6. The van der Waals surface area contributed by atoms with Crippen molar-refractivity contribution in [1.29, 1.82) is 0 Å². The van der Waals surface area contributed by atoms with Crippen LogP contribution in [0.1, 0.15) is 12.6 Å². The monoisotopic (exact) mass is 276 g/mol. The number of aromatic nitrogens is 3. The van der Waals surface area contributed by atoms with E-state index >= 15 is 0 Å². The second-order valence-corrected chi connectivity index (χ2v) is 4.59. The normalized spacial score (nSPS) is 10.3. The van der Waals surface area contributed by atoms with Crippen LogP contribution >= 0.6 is 11.8 Å². The Balaban J connectivity index is 2.16. The fourth-order valence-electron chi connectivity index (χ4n) is 1.51. The van der Waals surface area contributed by atoms with Crippen LogP contribution in [0.5, 0.6) is 5.75 Å². The van der Waals surface area contributed by atoms with Crippen molar-refractivity contribution in [2.75, 3.05) is 18.2 Å². The number of thioether (sulfide) groups is 1. The molecule has 1 aromatic carbocycles. The number of benzene rings is 1. The highest BCUT2D eigenvalue weighted by molar-refractivity contribution is 7.98. The molecule has 2 aromatic rings. The molecule has 0 aliphatic rings. The number of nitrogens with zero attached hydrogens (tertiary/aromatic N) is 3. The Hall–Kier alpha value is -1.82. The van der Waals surface area contributed by atoms with E-state index in [4.69, 9.17) is 4.74 Å². The molecule has 0 fully saturated rings. The molecule has 0 spiro atoms. The van der Waals surface area contributed by atoms with Crippen molar-refractivity contribution in [3.05, 3.63) is 30.0 Å². The Kier molecular flexibility index (Phi) is 4.57. The number of hydrogen-bond donors (Lipinski definition) is 1. The van der Waals surface area contributed by atoms with Crippen LogP contribution < -0.4 is 10.1 Å². The Labute approximate surface area is 116 Å². The molecular formula is C13H16N4OS. The van der Waals surface area contributed by atoms with E-state index in [2.05, 4.69) is 20.5 Å². The minimum atomic E-state index is 0.652. The van der Waals surface area contributed by atoms with Crippen LogP contribution in [-0.2, 0) is 0 Å². The Morgan fingerprint density at radius 3 is 2.58 bits per heavy atom. The van der Waals surface area contributed by atoms with Gasteiger partial charge in [-0.1, -0.05) is 11.8 Å². The SMILES string of the molecule is CCOc1ccc(Nc2nc(SC)nnc2C)cc1. The van der Waals surface area contributed by atoms with Crippen LogP contribution in [0.2, 0.25) is 0 Å². The first kappa shape index (κ1) is 13.6. The average molecular weight is 276 g/mol. The van der Waals surface area contributed by atoms with Crippen molar-refractivity contribution in [2.45, 2.75) is 19.0 Å². The van der Waals surface area contributed by atoms with Crippen molar-refractivity contribution in [3.63, 3.8) is 0 Å². The Morgan fingerprint density at radius 1 is 1.21 bits per heavy atom. The fourth-order valence-corrected chi connectivity index (χ4v) is 1.81. The molecule has 0 saturated heterocycles. The van der Waals surface area contributed by atoms with Crippen LogP contribution in [0.15, 0.2) is 29.4 Å². The Bertz CT molecular complexity index is 545. The highest BCUT2D eigenvalue weighted by Gasteiger charge is 2.05. The van der Waals surface area contributed by atoms with E-state index in [1.54, 1.807) is 0 Å². The maximum atomic E-state index is 5.40. The first-order valence-corrected chi connectivity index (χ1v) is 7.20. The van der Waals surface area contributed by atoms with Crippen LogP contribution in [0, 0.1) is 6.92 Å². The topological polar surface area (TPSA) is 59.9 Å². The molecule has 0 unspecified atom stereocenters. The molecule has 1 aromatic heterocycles. The van der Waals surface area contributed by atoms with Gasteiger partial charge in [0.2, 0.25) is 5.16 Å². The summed E-state index contributed by atoms with van der Waals surface area (Å²) < 4.78 is 5.40. The third kappa shape index (κ3) is 3.57. The van der Waals surface area contributed by atoms with Crippen LogP contribution in [0.25, 0.3) is 0 Å². The molecule has 0 radical (unpaired) electrons. The van der Waals surface area contributed by atoms with Crippen molar-refractivity contribution in [3.8, 4) is 5.75 Å². The van der Waals surface area contributed by atoms with E-state index in [0.29, 0.717) is 11.8 Å². The first-order valence-electron chi connectivity index (χ1n) is 5.98. The van der Waals surface area contributed by atoms with Gasteiger partial charge in [0.1, 0.15) is 11.4 Å². The summed E-state index contributed by atoms with van der Waals surface area (Å²) >= 11 is 1.47. The number of aryl methyl sites for hydroxylation is 1. The van der Waals surface area contributed by atoms with Crippen LogP contribution in [0.4, 0.5) is 11.5 Å². The zero-order valence-electron chi connectivity index (χ0n) is 11.2. The molecule has 0 aliphatic carbocycles. The van der Waals surface area contributed by atoms with E-state index in [9.17, 15) is 0 Å². The molecule has 5 nitrogen and oxygen atoms in total. The summed E-state index contributed by atoms with van der Waals surface area (Å²) in [6.45, 7) is 4.51. The number of anilines is 2. The van der Waals surface area contributed by atoms with Gasteiger partial charge in [0.05, 0.1) is 6.61 Å². The lowest BCUT2D eigenvalue weighted by molar-refractivity contribution is 0.340. The number of ether oxygens (including phenoxy) is 1. The van der Waals surface area contributed by atoms with Gasteiger partial charge >= 0.3 is 0 Å². The van der Waals surface area contributed by atoms with Crippen LogP contribution in [-0.4, -0.2) is 28.0 Å². The van der Waals surface area contributed by atoms with Gasteiger partial charge in [0.25, 0.3) is 0 Å². The van der Waals surface area contributed by atoms with Gasteiger partial charge in [0, 0.05) is 5.69 Å². The van der Waals surface area contributed by atoms with E-state index in [-0.39, 0.29) is 0 Å². The fraction of sp³-hybridized carbons (Fsp3) is 0.308. The van der Waals surface area contributed by atoms with Gasteiger partial charge in [-0.25, -0.2) is 4.98 Å². The molecule has 0 atom stereocenters. The molecule has 2 rings (SSSR count). The van der Waals surface area contributed by atoms with Gasteiger partial charge in [-0.3, -0.25) is 0 Å². The van der Waals surface area contributed by atoms with Crippen molar-refractivity contribution < 1.29 is 4.74 Å². The van der Waals surface area contributed by atoms with E-state index in [1.807, 2.05) is 44.4 Å². The lowest BCUT2D eigenvalue weighted by atomic mass is 10.3. The zero-order chi connectivity index (χ0) is 13.7. The maximum Gasteiger partial charge on any atom is 0.210 e. The van der Waals surface area contributed by atoms with Crippen molar-refractivity contribution >= 4 is 23.3 Å². The lowest BCUT2D eigenvalue weighted by Gasteiger charge is -2.09. The lowest BCUT2D eigenvalue weighted by Crippen LogP contribution is -2.02. The van der Waals surface area contributed by atoms with Gasteiger partial charge in [-0.15, -0.1) is 10.2 Å². The smallest absolute Gasteiger partial charge is 0.210 e. The predicted octanol–water partition coefficient (Wildman–Crippen LogP) is 3.04. The van der Waals surface area contributed by atoms with Gasteiger partial charge in [-0.2, -0.15) is 0 Å². The molecule has 100 valence electrons. The summed E-state index contributed by atoms with van der Waals surface area (Å²) in [5.74, 6) is 1.58. The second kappa shape index (κ2) is 6.38. The highest BCUT2D eigenvalue weighted by Crippen LogP contribution is 2.21. The molecule has 1 heterocycles. The molecule has 6 heteroatoms. The molecular weight excluding hydrogens is 260 g/mol. The van der Waals surface area contributed by atoms with E-state index < -0.39 is 0 Å². The Morgan fingerprint density at radius 2 is 1.95 bits per heavy atom. The average Bonchev–Trinajstić information content (AvgIpc) is 2.44. The van der Waals surface area contributed by atoms with E-state index in [0.717, 1.165) is 22.9 Å². The zero-order valence-corrected chi connectivity index (χ0v) is 12.0. The summed E-state index contributed by atoms with van der Waals surface area (Å²) in [7, 11) is 0. The molecule has 0 bridgehead atoms. The molecule has 19 heavy (non-hydrogen) atoms. The molecule has 1 N–H and O–H groups in total. The van der Waals surface area contributed by atoms with Crippen molar-refractivity contribution in [1.82, 2.24) is 15.2 Å². The summed E-state index contributed by atoms with van der Waals surface area (Å²) in [6, 6.07) is 7.74.